The number of ether oxygens (including phenoxy) is 1. The second-order valence-electron chi connectivity index (χ2n) is 5.38. The fourth-order valence-electron chi connectivity index (χ4n) is 2.76. The Morgan fingerprint density at radius 1 is 0.750 bits per heavy atom. The molecule has 0 radical (unpaired) electrons. The predicted molar refractivity (Wildman–Crippen MR) is 76.0 cm³/mol. The lowest BCUT2D eigenvalue weighted by atomic mass is 9.91. The molecule has 24 heavy (non-hydrogen) atoms. The smallest absolute Gasteiger partial charge is 0.357 e. The summed E-state index contributed by atoms with van der Waals surface area (Å²) in [7, 11) is 0.398. The third-order valence-electron chi connectivity index (χ3n) is 3.91. The fraction of sp³-hybridized carbons (Fsp3) is 0.375. The summed E-state index contributed by atoms with van der Waals surface area (Å²) in [5.74, 6) is 0. The number of aromatic nitrogens is 1. The van der Waals surface area contributed by atoms with E-state index >= 15 is 0 Å². The van der Waals surface area contributed by atoms with Crippen molar-refractivity contribution in [2.45, 2.75) is 31.8 Å². The van der Waals surface area contributed by atoms with Gasteiger partial charge in [0.15, 0.2) is 0 Å². The first-order valence-corrected chi connectivity index (χ1v) is 6.90. The number of alkyl halides is 6. The number of halogens is 6. The summed E-state index contributed by atoms with van der Waals surface area (Å²) < 4.78 is 85.0. The summed E-state index contributed by atoms with van der Waals surface area (Å²) in [5, 5.41) is 0. The van der Waals surface area contributed by atoms with Crippen LogP contribution < -0.4 is 0 Å². The zero-order valence-electron chi connectivity index (χ0n) is 13.1. The lowest BCUT2D eigenvalue weighted by Crippen LogP contribution is -2.55. The molecule has 2 aromatic rings. The number of hydrogen-bond acceptors (Lipinski definition) is 1. The summed E-state index contributed by atoms with van der Waals surface area (Å²) >= 11 is 0. The van der Waals surface area contributed by atoms with Gasteiger partial charge in [0.1, 0.15) is 0 Å². The minimum Gasteiger partial charge on any atom is -0.357 e. The van der Waals surface area contributed by atoms with Gasteiger partial charge in [0, 0.05) is 29.7 Å². The van der Waals surface area contributed by atoms with Crippen molar-refractivity contribution < 1.29 is 31.1 Å². The van der Waals surface area contributed by atoms with E-state index in [2.05, 4.69) is 4.74 Å². The van der Waals surface area contributed by atoms with Crippen LogP contribution in [0.4, 0.5) is 26.3 Å². The van der Waals surface area contributed by atoms with Gasteiger partial charge < -0.3 is 9.30 Å². The molecule has 2 nitrogen and oxygen atoms in total. The van der Waals surface area contributed by atoms with Gasteiger partial charge in [0.05, 0.1) is 0 Å². The molecule has 1 aromatic heterocycles. The minimum atomic E-state index is -5.65. The van der Waals surface area contributed by atoms with E-state index in [1.807, 2.05) is 0 Å². The highest BCUT2D eigenvalue weighted by Crippen LogP contribution is 2.52. The molecule has 0 atom stereocenters. The van der Waals surface area contributed by atoms with Crippen LogP contribution >= 0.6 is 0 Å². The number of hydrogen-bond donors (Lipinski definition) is 0. The number of nitrogens with zero attached hydrogens (tertiary/aromatic N) is 1. The maximum atomic E-state index is 13.2. The van der Waals surface area contributed by atoms with E-state index in [1.165, 1.54) is 12.1 Å². The molecule has 0 unspecified atom stereocenters. The van der Waals surface area contributed by atoms with Gasteiger partial charge >= 0.3 is 12.4 Å². The van der Waals surface area contributed by atoms with E-state index in [0.29, 0.717) is 12.8 Å². The van der Waals surface area contributed by atoms with E-state index in [9.17, 15) is 26.3 Å². The predicted octanol–water partition coefficient (Wildman–Crippen LogP) is 5.06. The standard InChI is InChI=1S/C16H15F6NO/c1-10-4-5-11(2)23(10)13-8-6-12(7-9-13)14(24-3,15(17,18)19)16(20,21)22/h4-9H,1-3H3. The van der Waals surface area contributed by atoms with Crippen LogP contribution in [-0.2, 0) is 10.3 Å². The third-order valence-corrected chi connectivity index (χ3v) is 3.91. The Bertz CT molecular complexity index is 678. The first-order chi connectivity index (χ1) is 11.0. The Morgan fingerprint density at radius 2 is 1.17 bits per heavy atom. The van der Waals surface area contributed by atoms with E-state index in [-0.39, 0.29) is 0 Å². The lowest BCUT2D eigenvalue weighted by molar-refractivity contribution is -0.383. The van der Waals surface area contributed by atoms with Crippen molar-refractivity contribution in [1.82, 2.24) is 4.57 Å². The maximum Gasteiger partial charge on any atom is 0.430 e. The first kappa shape index (κ1) is 18.4. The summed E-state index contributed by atoms with van der Waals surface area (Å²) in [6.45, 7) is 3.57. The van der Waals surface area contributed by atoms with Crippen molar-refractivity contribution in [2.75, 3.05) is 7.11 Å². The lowest BCUT2D eigenvalue weighted by Gasteiger charge is -2.36. The molecule has 0 fully saturated rings. The van der Waals surface area contributed by atoms with Crippen LogP contribution in [0.15, 0.2) is 36.4 Å². The molecular weight excluding hydrogens is 336 g/mol. The molecule has 2 rings (SSSR count). The second-order valence-corrected chi connectivity index (χ2v) is 5.38. The molecule has 0 saturated heterocycles. The molecule has 0 aliphatic rings. The maximum absolute atomic E-state index is 13.2. The molecule has 0 spiro atoms. The van der Waals surface area contributed by atoms with Gasteiger partial charge in [-0.2, -0.15) is 26.3 Å². The molecular formula is C16H15F6NO. The molecule has 8 heteroatoms. The van der Waals surface area contributed by atoms with Crippen LogP contribution in [0.25, 0.3) is 5.69 Å². The molecule has 132 valence electrons. The van der Waals surface area contributed by atoms with Gasteiger partial charge in [0.2, 0.25) is 0 Å². The Kier molecular flexibility index (Phi) is 4.47. The van der Waals surface area contributed by atoms with E-state index < -0.39 is 23.5 Å². The van der Waals surface area contributed by atoms with Gasteiger partial charge in [-0.15, -0.1) is 0 Å². The van der Waals surface area contributed by atoms with Crippen molar-refractivity contribution in [1.29, 1.82) is 0 Å². The van der Waals surface area contributed by atoms with E-state index in [4.69, 9.17) is 0 Å². The molecule has 0 amide bonds. The van der Waals surface area contributed by atoms with Crippen LogP contribution in [0.5, 0.6) is 0 Å². The summed E-state index contributed by atoms with van der Waals surface area (Å²) in [6, 6.07) is 7.60. The van der Waals surface area contributed by atoms with Crippen molar-refractivity contribution in [3.63, 3.8) is 0 Å². The highest BCUT2D eigenvalue weighted by atomic mass is 19.4. The molecule has 0 N–H and O–H groups in total. The van der Waals surface area contributed by atoms with Gasteiger partial charge in [0.25, 0.3) is 5.60 Å². The van der Waals surface area contributed by atoms with Crippen molar-refractivity contribution in [3.05, 3.63) is 53.3 Å². The van der Waals surface area contributed by atoms with Crippen molar-refractivity contribution >= 4 is 0 Å². The average Bonchev–Trinajstić information content (AvgIpc) is 2.77. The summed E-state index contributed by atoms with van der Waals surface area (Å²) in [5.41, 5.74) is -3.29. The number of methoxy groups -OCH3 is 1. The largest absolute Gasteiger partial charge is 0.430 e. The molecule has 1 aromatic carbocycles. The topological polar surface area (TPSA) is 14.2 Å². The Labute approximate surface area is 134 Å². The molecule has 0 aliphatic carbocycles. The quantitative estimate of drug-likeness (QED) is 0.705. The van der Waals surface area contributed by atoms with Crippen LogP contribution in [-0.4, -0.2) is 24.0 Å². The first-order valence-electron chi connectivity index (χ1n) is 6.90. The minimum absolute atomic E-state index is 0.398. The SMILES string of the molecule is COC(c1ccc(-n2c(C)ccc2C)cc1)(C(F)(F)F)C(F)(F)F. The normalized spacial score (nSPS) is 13.4. The van der Waals surface area contributed by atoms with E-state index in [1.54, 1.807) is 30.5 Å². The highest BCUT2D eigenvalue weighted by Gasteiger charge is 2.72. The Balaban J connectivity index is 2.59. The third kappa shape index (κ3) is 2.68. The Hall–Kier alpha value is -1.96. The zero-order chi connectivity index (χ0) is 18.3. The molecule has 0 bridgehead atoms. The van der Waals surface area contributed by atoms with Gasteiger partial charge in [-0.05, 0) is 38.1 Å². The van der Waals surface area contributed by atoms with Crippen LogP contribution in [0.2, 0.25) is 0 Å². The van der Waals surface area contributed by atoms with Gasteiger partial charge in [-0.1, -0.05) is 12.1 Å². The van der Waals surface area contributed by atoms with Gasteiger partial charge in [-0.3, -0.25) is 0 Å². The number of benzene rings is 1. The zero-order valence-corrected chi connectivity index (χ0v) is 13.1. The summed E-state index contributed by atoms with van der Waals surface area (Å²) in [6.07, 6.45) is -11.3. The number of aryl methyl sites for hydroxylation is 2. The monoisotopic (exact) mass is 351 g/mol. The fourth-order valence-corrected chi connectivity index (χ4v) is 2.76. The van der Waals surface area contributed by atoms with Crippen LogP contribution in [0.1, 0.15) is 17.0 Å². The van der Waals surface area contributed by atoms with E-state index in [0.717, 1.165) is 23.5 Å². The Morgan fingerprint density at radius 3 is 1.50 bits per heavy atom. The molecule has 1 heterocycles. The average molecular weight is 351 g/mol. The van der Waals surface area contributed by atoms with Crippen molar-refractivity contribution in [2.24, 2.45) is 0 Å². The summed E-state index contributed by atoms with van der Waals surface area (Å²) in [4.78, 5) is 0. The molecule has 0 aliphatic heterocycles. The number of rotatable bonds is 3. The van der Waals surface area contributed by atoms with Crippen molar-refractivity contribution in [3.8, 4) is 5.69 Å². The molecule has 0 saturated carbocycles. The van der Waals surface area contributed by atoms with Crippen LogP contribution in [0, 0.1) is 13.8 Å². The van der Waals surface area contributed by atoms with Gasteiger partial charge in [-0.25, -0.2) is 0 Å². The second kappa shape index (κ2) is 5.84. The van der Waals surface area contributed by atoms with Crippen LogP contribution in [0.3, 0.4) is 0 Å². The highest BCUT2D eigenvalue weighted by molar-refractivity contribution is 5.41.